The van der Waals surface area contributed by atoms with Crippen molar-refractivity contribution in [1.29, 1.82) is 0 Å². The van der Waals surface area contributed by atoms with Crippen molar-refractivity contribution in [2.24, 2.45) is 0 Å². The molecular weight excluding hydrogens is 329 g/mol. The average molecular weight is 349 g/mol. The van der Waals surface area contributed by atoms with E-state index in [1.165, 1.54) is 14.7 Å². The van der Waals surface area contributed by atoms with Crippen molar-refractivity contribution in [3.05, 3.63) is 53.8 Å². The van der Waals surface area contributed by atoms with Gasteiger partial charge in [0.2, 0.25) is 0 Å². The fourth-order valence-corrected chi connectivity index (χ4v) is 4.55. The van der Waals surface area contributed by atoms with Crippen molar-refractivity contribution < 1.29 is 12.8 Å². The molecule has 0 amide bonds. The van der Waals surface area contributed by atoms with Crippen LogP contribution in [-0.2, 0) is 10.2 Å². The van der Waals surface area contributed by atoms with Crippen LogP contribution in [0.5, 0.6) is 0 Å². The predicted molar refractivity (Wildman–Crippen MR) is 94.5 cm³/mol. The van der Waals surface area contributed by atoms with Gasteiger partial charge in [-0.2, -0.15) is 8.42 Å². The molecule has 0 atom stereocenters. The van der Waals surface area contributed by atoms with Crippen LogP contribution in [0.1, 0.15) is 12.0 Å². The third kappa shape index (κ3) is 2.74. The average Bonchev–Trinajstić information content (AvgIpc) is 2.77. The van der Waals surface area contributed by atoms with E-state index in [0.29, 0.717) is 42.1 Å². The number of hydrogen-bond donors (Lipinski definition) is 1. The van der Waals surface area contributed by atoms with Crippen LogP contribution in [0.3, 0.4) is 0 Å². The minimum Gasteiger partial charge on any atom is -0.320 e. The van der Waals surface area contributed by atoms with Gasteiger partial charge < -0.3 is 5.32 Å². The minimum absolute atomic E-state index is 0.307. The third-order valence-electron chi connectivity index (χ3n) is 4.06. The molecule has 24 heavy (non-hydrogen) atoms. The molecule has 0 fully saturated rings. The lowest BCUT2D eigenvalue weighted by Gasteiger charge is -2.22. The lowest BCUT2D eigenvalue weighted by Crippen LogP contribution is -2.36. The van der Waals surface area contributed by atoms with E-state index in [9.17, 15) is 12.8 Å². The number of anilines is 3. The summed E-state index contributed by atoms with van der Waals surface area (Å²) in [6, 6.07) is 11.6. The van der Waals surface area contributed by atoms with E-state index in [-0.39, 0.29) is 0 Å². The highest BCUT2D eigenvalue weighted by atomic mass is 32.2. The summed E-state index contributed by atoms with van der Waals surface area (Å²) in [7, 11) is -1.95. The molecule has 1 N–H and O–H groups in total. The minimum atomic E-state index is -3.78. The number of aryl methyl sites for hydroxylation is 1. The normalized spacial score (nSPS) is 15.6. The van der Waals surface area contributed by atoms with Crippen molar-refractivity contribution >= 4 is 27.3 Å². The quantitative estimate of drug-likeness (QED) is 0.845. The number of para-hydroxylation sites is 2. The predicted octanol–water partition coefficient (Wildman–Crippen LogP) is 2.95. The number of rotatable bonds is 5. The maximum atomic E-state index is 14.0. The largest absolute Gasteiger partial charge is 0.330 e. The molecule has 0 spiro atoms. The van der Waals surface area contributed by atoms with Gasteiger partial charge in [0.25, 0.3) is 0 Å². The molecule has 0 unspecified atom stereocenters. The van der Waals surface area contributed by atoms with Crippen LogP contribution < -0.4 is 13.9 Å². The van der Waals surface area contributed by atoms with Gasteiger partial charge >= 0.3 is 10.2 Å². The Morgan fingerprint density at radius 2 is 1.83 bits per heavy atom. The molecule has 1 heterocycles. The summed E-state index contributed by atoms with van der Waals surface area (Å²) >= 11 is 0. The number of nitrogens with zero attached hydrogens (tertiary/aromatic N) is 2. The summed E-state index contributed by atoms with van der Waals surface area (Å²) < 4.78 is 42.7. The van der Waals surface area contributed by atoms with E-state index >= 15 is 0 Å². The molecule has 0 saturated carbocycles. The molecule has 1 aliphatic rings. The molecule has 7 heteroatoms. The van der Waals surface area contributed by atoms with E-state index < -0.39 is 16.0 Å². The number of halogens is 1. The molecular formula is C17H20FN3O2S. The summed E-state index contributed by atoms with van der Waals surface area (Å²) in [6.07, 6.45) is 0.681. The second-order valence-electron chi connectivity index (χ2n) is 5.72. The Bertz CT molecular complexity index is 855. The molecule has 0 bridgehead atoms. The molecule has 2 aromatic rings. The van der Waals surface area contributed by atoms with Gasteiger partial charge in [-0.25, -0.2) is 8.70 Å². The van der Waals surface area contributed by atoms with Crippen LogP contribution in [0.15, 0.2) is 42.5 Å². The molecule has 0 aliphatic carbocycles. The Morgan fingerprint density at radius 3 is 2.50 bits per heavy atom. The maximum Gasteiger partial charge on any atom is 0.330 e. The number of nitrogens with one attached hydrogen (secondary N) is 1. The topological polar surface area (TPSA) is 52.6 Å². The SMILES string of the molecule is CNCCCN1c2ccccc2N(c2ccc(C)c(F)c2)S1(=O)=O. The highest BCUT2D eigenvalue weighted by Crippen LogP contribution is 2.45. The number of hydrogen-bond acceptors (Lipinski definition) is 3. The van der Waals surface area contributed by atoms with Crippen LogP contribution in [-0.4, -0.2) is 28.6 Å². The van der Waals surface area contributed by atoms with Crippen molar-refractivity contribution in [3.63, 3.8) is 0 Å². The molecule has 0 radical (unpaired) electrons. The van der Waals surface area contributed by atoms with Gasteiger partial charge in [-0.1, -0.05) is 18.2 Å². The van der Waals surface area contributed by atoms with Gasteiger partial charge in [0, 0.05) is 6.54 Å². The molecule has 2 aromatic carbocycles. The monoisotopic (exact) mass is 349 g/mol. The Morgan fingerprint density at radius 1 is 1.12 bits per heavy atom. The van der Waals surface area contributed by atoms with E-state index in [0.717, 1.165) is 0 Å². The Kier molecular flexibility index (Phi) is 4.47. The Balaban J connectivity index is 2.08. The van der Waals surface area contributed by atoms with E-state index in [1.54, 1.807) is 43.3 Å². The smallest absolute Gasteiger partial charge is 0.320 e. The van der Waals surface area contributed by atoms with Gasteiger partial charge in [-0.15, -0.1) is 0 Å². The van der Waals surface area contributed by atoms with Gasteiger partial charge in [-0.3, -0.25) is 4.31 Å². The second-order valence-corrected chi connectivity index (χ2v) is 7.43. The Labute approximate surface area is 141 Å². The van der Waals surface area contributed by atoms with Crippen molar-refractivity contribution in [1.82, 2.24) is 5.32 Å². The zero-order chi connectivity index (χ0) is 17.3. The van der Waals surface area contributed by atoms with E-state index in [4.69, 9.17) is 0 Å². The lowest BCUT2D eigenvalue weighted by atomic mass is 10.2. The maximum absolute atomic E-state index is 14.0. The summed E-state index contributed by atoms with van der Waals surface area (Å²) in [6.45, 7) is 2.73. The van der Waals surface area contributed by atoms with Gasteiger partial charge in [0.15, 0.2) is 0 Å². The number of fused-ring (bicyclic) bond motifs is 1. The van der Waals surface area contributed by atoms with Crippen LogP contribution >= 0.6 is 0 Å². The van der Waals surface area contributed by atoms with Crippen molar-refractivity contribution in [2.45, 2.75) is 13.3 Å². The molecule has 1 aliphatic heterocycles. The summed E-state index contributed by atoms with van der Waals surface area (Å²) in [5, 5.41) is 3.01. The van der Waals surface area contributed by atoms with Crippen molar-refractivity contribution in [3.8, 4) is 0 Å². The molecule has 5 nitrogen and oxygen atoms in total. The fraction of sp³-hybridized carbons (Fsp3) is 0.294. The second kappa shape index (κ2) is 6.41. The first-order valence-corrected chi connectivity index (χ1v) is 9.19. The van der Waals surface area contributed by atoms with Gasteiger partial charge in [0.05, 0.1) is 17.1 Å². The molecule has 3 rings (SSSR count). The molecule has 0 aromatic heterocycles. The highest BCUT2D eigenvalue weighted by Gasteiger charge is 2.40. The molecule has 0 saturated heterocycles. The van der Waals surface area contributed by atoms with Crippen LogP contribution in [0.2, 0.25) is 0 Å². The highest BCUT2D eigenvalue weighted by molar-refractivity contribution is 7.95. The lowest BCUT2D eigenvalue weighted by molar-refractivity contribution is 0.591. The van der Waals surface area contributed by atoms with Crippen LogP contribution in [0.4, 0.5) is 21.5 Å². The van der Waals surface area contributed by atoms with Gasteiger partial charge in [0.1, 0.15) is 5.82 Å². The first-order valence-electron chi connectivity index (χ1n) is 7.79. The number of benzene rings is 2. The Hall–Kier alpha value is -2.12. The summed E-state index contributed by atoms with van der Waals surface area (Å²) in [5.41, 5.74) is 1.95. The van der Waals surface area contributed by atoms with Gasteiger partial charge in [-0.05, 0) is 56.8 Å². The standard InChI is InChI=1S/C17H20FN3O2S/c1-13-8-9-14(12-15(13)18)21-17-7-4-3-6-16(17)20(24(21,22)23)11-5-10-19-2/h3-4,6-9,12,19H,5,10-11H2,1-2H3. The van der Waals surface area contributed by atoms with E-state index in [1.807, 2.05) is 7.05 Å². The summed E-state index contributed by atoms with van der Waals surface area (Å²) in [4.78, 5) is 0. The zero-order valence-electron chi connectivity index (χ0n) is 13.7. The first-order chi connectivity index (χ1) is 11.5. The van der Waals surface area contributed by atoms with E-state index in [2.05, 4.69) is 5.32 Å². The fourth-order valence-electron chi connectivity index (χ4n) is 2.81. The van der Waals surface area contributed by atoms with Crippen LogP contribution in [0.25, 0.3) is 0 Å². The zero-order valence-corrected chi connectivity index (χ0v) is 14.5. The molecule has 128 valence electrons. The third-order valence-corrected chi connectivity index (χ3v) is 5.86. The van der Waals surface area contributed by atoms with Crippen molar-refractivity contribution in [2.75, 3.05) is 28.7 Å². The summed E-state index contributed by atoms with van der Waals surface area (Å²) in [5.74, 6) is -0.422. The first kappa shape index (κ1) is 16.7. The van der Waals surface area contributed by atoms with Crippen LogP contribution in [0, 0.1) is 12.7 Å².